The van der Waals surface area contributed by atoms with Crippen molar-refractivity contribution >= 4 is 23.3 Å². The van der Waals surface area contributed by atoms with Gasteiger partial charge in [-0.3, -0.25) is 9.48 Å². The van der Waals surface area contributed by atoms with Gasteiger partial charge in [0.15, 0.2) is 0 Å². The summed E-state index contributed by atoms with van der Waals surface area (Å²) in [4.78, 5) is 23.4. The number of rotatable bonds is 4. The molecule has 0 radical (unpaired) electrons. The van der Waals surface area contributed by atoms with Crippen LogP contribution in [0.4, 0.5) is 19.0 Å². The van der Waals surface area contributed by atoms with E-state index in [1.165, 1.54) is 6.33 Å². The van der Waals surface area contributed by atoms with Crippen molar-refractivity contribution in [2.75, 3.05) is 31.1 Å². The Balaban J connectivity index is 1.55. The zero-order chi connectivity index (χ0) is 18.7. The minimum atomic E-state index is -4.48. The van der Waals surface area contributed by atoms with Crippen LogP contribution in [0.1, 0.15) is 12.0 Å². The number of carbonyl (C=O) groups is 1. The Kier molecular flexibility index (Phi) is 5.30. The van der Waals surface area contributed by atoms with Crippen molar-refractivity contribution in [1.82, 2.24) is 24.6 Å². The molecule has 1 saturated heterocycles. The Bertz CT molecular complexity index is 759. The quantitative estimate of drug-likeness (QED) is 0.802. The zero-order valence-corrected chi connectivity index (χ0v) is 14.4. The van der Waals surface area contributed by atoms with Gasteiger partial charge in [0.1, 0.15) is 18.5 Å². The van der Waals surface area contributed by atoms with Crippen LogP contribution in [0.5, 0.6) is 0 Å². The molecule has 26 heavy (non-hydrogen) atoms. The van der Waals surface area contributed by atoms with E-state index in [1.54, 1.807) is 20.8 Å². The number of alkyl halides is 3. The summed E-state index contributed by atoms with van der Waals surface area (Å²) in [6, 6.07) is 0.875. The molecule has 2 aromatic heterocycles. The highest BCUT2D eigenvalue weighted by atomic mass is 35.5. The van der Waals surface area contributed by atoms with Gasteiger partial charge in [0.25, 0.3) is 0 Å². The molecule has 1 aliphatic heterocycles. The molecular formula is C15H16ClF3N6O. The summed E-state index contributed by atoms with van der Waals surface area (Å²) in [6.07, 6.45) is -0.447. The molecule has 1 fully saturated rings. The van der Waals surface area contributed by atoms with Crippen LogP contribution < -0.4 is 4.90 Å². The number of hydrogen-bond acceptors (Lipinski definition) is 5. The Labute approximate surface area is 152 Å². The Hall–Kier alpha value is -2.36. The Morgan fingerprint density at radius 1 is 1.23 bits per heavy atom. The number of amides is 1. The number of aryl methyl sites for hydroxylation is 1. The summed E-state index contributed by atoms with van der Waals surface area (Å²) in [5.74, 6) is 0.293. The van der Waals surface area contributed by atoms with Crippen LogP contribution in [0, 0.1) is 0 Å². The van der Waals surface area contributed by atoms with Crippen molar-refractivity contribution < 1.29 is 18.0 Å². The number of carbonyl (C=O) groups excluding carboxylic acids is 1. The van der Waals surface area contributed by atoms with Crippen molar-refractivity contribution in [1.29, 1.82) is 0 Å². The fourth-order valence-corrected chi connectivity index (χ4v) is 2.99. The molecule has 0 aliphatic carbocycles. The fourth-order valence-electron chi connectivity index (χ4n) is 2.70. The van der Waals surface area contributed by atoms with Crippen LogP contribution >= 0.6 is 11.6 Å². The Morgan fingerprint density at radius 3 is 2.54 bits per heavy atom. The van der Waals surface area contributed by atoms with Crippen LogP contribution in [-0.4, -0.2) is 56.7 Å². The van der Waals surface area contributed by atoms with E-state index >= 15 is 0 Å². The van der Waals surface area contributed by atoms with Gasteiger partial charge in [-0.05, 0) is 6.07 Å². The van der Waals surface area contributed by atoms with E-state index in [2.05, 4.69) is 15.1 Å². The molecule has 7 nitrogen and oxygen atoms in total. The van der Waals surface area contributed by atoms with E-state index in [0.29, 0.717) is 45.0 Å². The highest BCUT2D eigenvalue weighted by Crippen LogP contribution is 2.33. The van der Waals surface area contributed by atoms with Gasteiger partial charge in [0.2, 0.25) is 5.91 Å². The first-order valence-corrected chi connectivity index (χ1v) is 8.30. The topological polar surface area (TPSA) is 67.2 Å². The average molecular weight is 389 g/mol. The normalized spacial score (nSPS) is 15.4. The smallest absolute Gasteiger partial charge is 0.352 e. The number of pyridine rings is 1. The first-order valence-electron chi connectivity index (χ1n) is 7.92. The number of aromatic nitrogens is 4. The standard InChI is InChI=1S/C15H16ClF3N6O/c16-12-7-11(15(17,18)19)8-21-14(12)24-5-3-23(4-6-24)13(26)1-2-25-10-20-9-22-25/h7-10H,1-6H2. The third kappa shape index (κ3) is 4.24. The largest absolute Gasteiger partial charge is 0.417 e. The van der Waals surface area contributed by atoms with Crippen LogP contribution in [0.15, 0.2) is 24.9 Å². The van der Waals surface area contributed by atoms with E-state index in [4.69, 9.17) is 11.6 Å². The lowest BCUT2D eigenvalue weighted by atomic mass is 10.2. The third-order valence-electron chi connectivity index (χ3n) is 4.10. The summed E-state index contributed by atoms with van der Waals surface area (Å²) in [7, 11) is 0. The first kappa shape index (κ1) is 18.4. The molecule has 3 heterocycles. The van der Waals surface area contributed by atoms with Gasteiger partial charge in [-0.2, -0.15) is 18.3 Å². The molecule has 0 unspecified atom stereocenters. The van der Waals surface area contributed by atoms with Gasteiger partial charge in [-0.15, -0.1) is 0 Å². The van der Waals surface area contributed by atoms with Gasteiger partial charge < -0.3 is 9.80 Å². The van der Waals surface area contributed by atoms with Gasteiger partial charge in [-0.25, -0.2) is 9.97 Å². The summed E-state index contributed by atoms with van der Waals surface area (Å²) < 4.78 is 39.7. The van der Waals surface area contributed by atoms with Crippen molar-refractivity contribution in [3.8, 4) is 0 Å². The van der Waals surface area contributed by atoms with Crippen LogP contribution in [0.2, 0.25) is 5.02 Å². The molecule has 0 bridgehead atoms. The Morgan fingerprint density at radius 2 is 1.96 bits per heavy atom. The second-order valence-corrected chi connectivity index (χ2v) is 6.21. The molecule has 0 saturated carbocycles. The maximum atomic E-state index is 12.7. The van der Waals surface area contributed by atoms with E-state index in [-0.39, 0.29) is 10.9 Å². The zero-order valence-electron chi connectivity index (χ0n) is 13.7. The fraction of sp³-hybridized carbons (Fsp3) is 0.467. The molecule has 1 aliphatic rings. The number of piperazine rings is 1. The van der Waals surface area contributed by atoms with Crippen LogP contribution in [-0.2, 0) is 17.5 Å². The summed E-state index contributed by atoms with van der Waals surface area (Å²) in [5.41, 5.74) is -0.881. The van der Waals surface area contributed by atoms with Gasteiger partial charge in [0.05, 0.1) is 17.1 Å². The maximum absolute atomic E-state index is 12.7. The van der Waals surface area contributed by atoms with E-state index in [9.17, 15) is 18.0 Å². The molecule has 1 amide bonds. The monoisotopic (exact) mass is 388 g/mol. The lowest BCUT2D eigenvalue weighted by Crippen LogP contribution is -2.49. The molecule has 3 rings (SSSR count). The SMILES string of the molecule is O=C(CCn1cncn1)N1CCN(c2ncc(C(F)(F)F)cc2Cl)CC1. The van der Waals surface area contributed by atoms with Crippen molar-refractivity contribution in [3.63, 3.8) is 0 Å². The highest BCUT2D eigenvalue weighted by molar-refractivity contribution is 6.33. The number of anilines is 1. The van der Waals surface area contributed by atoms with Crippen LogP contribution in [0.3, 0.4) is 0 Å². The second-order valence-electron chi connectivity index (χ2n) is 5.80. The van der Waals surface area contributed by atoms with Crippen LogP contribution in [0.25, 0.3) is 0 Å². The van der Waals surface area contributed by atoms with E-state index < -0.39 is 11.7 Å². The first-order chi connectivity index (χ1) is 12.3. The molecule has 2 aromatic rings. The molecule has 0 N–H and O–H groups in total. The minimum Gasteiger partial charge on any atom is -0.352 e. The van der Waals surface area contributed by atoms with Gasteiger partial charge in [-0.1, -0.05) is 11.6 Å². The maximum Gasteiger partial charge on any atom is 0.417 e. The summed E-state index contributed by atoms with van der Waals surface area (Å²) in [6.45, 7) is 2.26. The highest BCUT2D eigenvalue weighted by Gasteiger charge is 2.32. The van der Waals surface area contributed by atoms with Gasteiger partial charge in [0, 0.05) is 38.8 Å². The van der Waals surface area contributed by atoms with Crippen molar-refractivity contribution in [3.05, 3.63) is 35.5 Å². The molecule has 11 heteroatoms. The minimum absolute atomic E-state index is 0.00775. The van der Waals surface area contributed by atoms with E-state index in [1.807, 2.05) is 0 Å². The third-order valence-corrected chi connectivity index (χ3v) is 4.38. The lowest BCUT2D eigenvalue weighted by molar-refractivity contribution is -0.137. The lowest BCUT2D eigenvalue weighted by Gasteiger charge is -2.35. The molecule has 0 aromatic carbocycles. The summed E-state index contributed by atoms with van der Waals surface area (Å²) >= 11 is 5.97. The molecule has 0 spiro atoms. The van der Waals surface area contributed by atoms with E-state index in [0.717, 1.165) is 12.3 Å². The molecular weight excluding hydrogens is 373 g/mol. The summed E-state index contributed by atoms with van der Waals surface area (Å²) in [5, 5.41) is 3.89. The predicted octanol–water partition coefficient (Wildman–Crippen LogP) is 2.08. The number of nitrogens with zero attached hydrogens (tertiary/aromatic N) is 6. The number of halogens is 4. The van der Waals surface area contributed by atoms with Crippen molar-refractivity contribution in [2.24, 2.45) is 0 Å². The molecule has 0 atom stereocenters. The second kappa shape index (κ2) is 7.48. The number of hydrogen-bond donors (Lipinski definition) is 0. The van der Waals surface area contributed by atoms with Gasteiger partial charge >= 0.3 is 6.18 Å². The molecule has 140 valence electrons. The predicted molar refractivity (Wildman–Crippen MR) is 87.7 cm³/mol. The van der Waals surface area contributed by atoms with Crippen molar-refractivity contribution in [2.45, 2.75) is 19.1 Å². The average Bonchev–Trinajstić information content (AvgIpc) is 3.12.